The van der Waals surface area contributed by atoms with Gasteiger partial charge in [0.05, 0.1) is 0 Å². The highest BCUT2D eigenvalue weighted by Crippen LogP contribution is 2.36. The van der Waals surface area contributed by atoms with Crippen LogP contribution in [0.15, 0.2) is 24.3 Å². The van der Waals surface area contributed by atoms with E-state index >= 15 is 0 Å². The first-order valence-electron chi connectivity index (χ1n) is 7.88. The van der Waals surface area contributed by atoms with Gasteiger partial charge in [-0.3, -0.25) is 10.3 Å². The largest absolute Gasteiger partial charge is 0.384 e. The van der Waals surface area contributed by atoms with Crippen molar-refractivity contribution in [3.05, 3.63) is 35.4 Å². The quantitative estimate of drug-likeness (QED) is 0.656. The maximum atomic E-state index is 7.70. The van der Waals surface area contributed by atoms with Gasteiger partial charge in [-0.1, -0.05) is 43.5 Å². The third kappa shape index (κ3) is 2.88. The number of nitrogens with one attached hydrogen (secondary N) is 1. The minimum atomic E-state index is 0.188. The average molecular weight is 271 g/mol. The van der Waals surface area contributed by atoms with Crippen LogP contribution in [-0.2, 0) is 6.54 Å². The molecule has 108 valence electrons. The summed E-state index contributed by atoms with van der Waals surface area (Å²) in [6, 6.07) is 8.09. The molecule has 2 atom stereocenters. The summed E-state index contributed by atoms with van der Waals surface area (Å²) in [7, 11) is 0. The molecule has 1 aliphatic carbocycles. The predicted molar refractivity (Wildman–Crippen MR) is 82.8 cm³/mol. The molecule has 2 fully saturated rings. The molecule has 1 aromatic carbocycles. The highest BCUT2D eigenvalue weighted by atomic mass is 15.1. The van der Waals surface area contributed by atoms with E-state index in [0.29, 0.717) is 0 Å². The number of rotatable bonds is 3. The van der Waals surface area contributed by atoms with Gasteiger partial charge in [-0.25, -0.2) is 0 Å². The second kappa shape index (κ2) is 5.96. The van der Waals surface area contributed by atoms with Gasteiger partial charge in [0.15, 0.2) is 0 Å². The lowest BCUT2D eigenvalue weighted by Crippen LogP contribution is -2.41. The lowest BCUT2D eigenvalue weighted by atomic mass is 9.75. The zero-order valence-corrected chi connectivity index (χ0v) is 12.1. The van der Waals surface area contributed by atoms with Crippen molar-refractivity contribution in [1.82, 2.24) is 4.90 Å². The summed E-state index contributed by atoms with van der Waals surface area (Å²) in [4.78, 5) is 2.56. The molecular formula is C17H25N3. The third-order valence-corrected chi connectivity index (χ3v) is 5.08. The van der Waals surface area contributed by atoms with Crippen molar-refractivity contribution >= 4 is 5.84 Å². The van der Waals surface area contributed by atoms with Crippen LogP contribution >= 0.6 is 0 Å². The summed E-state index contributed by atoms with van der Waals surface area (Å²) in [6.45, 7) is 3.38. The number of piperidine rings is 1. The number of hydrogen-bond acceptors (Lipinski definition) is 2. The molecule has 1 saturated heterocycles. The molecule has 0 aromatic heterocycles. The van der Waals surface area contributed by atoms with Crippen molar-refractivity contribution in [1.29, 1.82) is 5.41 Å². The Morgan fingerprint density at radius 2 is 1.90 bits per heavy atom. The highest BCUT2D eigenvalue weighted by molar-refractivity contribution is 5.96. The van der Waals surface area contributed by atoms with Gasteiger partial charge in [-0.15, -0.1) is 0 Å². The maximum Gasteiger partial charge on any atom is 0.123 e. The van der Waals surface area contributed by atoms with Crippen LogP contribution in [0.3, 0.4) is 0 Å². The van der Waals surface area contributed by atoms with Gasteiger partial charge >= 0.3 is 0 Å². The van der Waals surface area contributed by atoms with Gasteiger partial charge in [-0.2, -0.15) is 0 Å². The first-order valence-corrected chi connectivity index (χ1v) is 7.88. The molecule has 2 unspecified atom stereocenters. The number of benzene rings is 1. The van der Waals surface area contributed by atoms with Crippen molar-refractivity contribution in [2.75, 3.05) is 13.1 Å². The predicted octanol–water partition coefficient (Wildman–Crippen LogP) is 2.98. The van der Waals surface area contributed by atoms with E-state index in [2.05, 4.69) is 17.0 Å². The zero-order valence-electron chi connectivity index (χ0n) is 12.1. The first-order chi connectivity index (χ1) is 9.74. The third-order valence-electron chi connectivity index (χ3n) is 5.08. The van der Waals surface area contributed by atoms with Crippen LogP contribution in [-0.4, -0.2) is 23.8 Å². The fourth-order valence-corrected chi connectivity index (χ4v) is 3.98. The van der Waals surface area contributed by atoms with Crippen LogP contribution in [0.1, 0.15) is 43.2 Å². The van der Waals surface area contributed by atoms with Crippen molar-refractivity contribution < 1.29 is 0 Å². The van der Waals surface area contributed by atoms with Gasteiger partial charge in [0.25, 0.3) is 0 Å². The second-order valence-electron chi connectivity index (χ2n) is 6.40. The van der Waals surface area contributed by atoms with Crippen molar-refractivity contribution in [2.24, 2.45) is 17.6 Å². The molecule has 3 heteroatoms. The molecule has 1 aromatic rings. The molecule has 3 rings (SSSR count). The first kappa shape index (κ1) is 13.6. The number of hydrogen-bond donors (Lipinski definition) is 2. The Morgan fingerprint density at radius 1 is 1.15 bits per heavy atom. The summed E-state index contributed by atoms with van der Waals surface area (Å²) >= 11 is 0. The highest BCUT2D eigenvalue weighted by Gasteiger charge is 2.31. The van der Waals surface area contributed by atoms with E-state index in [9.17, 15) is 0 Å². The van der Waals surface area contributed by atoms with Gasteiger partial charge < -0.3 is 5.73 Å². The van der Waals surface area contributed by atoms with E-state index in [1.807, 2.05) is 12.1 Å². The normalized spacial score (nSPS) is 27.0. The number of nitrogens with zero attached hydrogens (tertiary/aromatic N) is 1. The fraction of sp³-hybridized carbons (Fsp3) is 0.588. The fourth-order valence-electron chi connectivity index (χ4n) is 3.98. The van der Waals surface area contributed by atoms with E-state index < -0.39 is 0 Å². The number of nitrogens with two attached hydrogens (primary N) is 1. The van der Waals surface area contributed by atoms with E-state index in [0.717, 1.165) is 23.9 Å². The summed E-state index contributed by atoms with van der Waals surface area (Å²) in [5, 5.41) is 7.70. The number of amidine groups is 1. The van der Waals surface area contributed by atoms with Gasteiger partial charge in [0.1, 0.15) is 5.84 Å². The molecule has 0 amide bonds. The number of likely N-dealkylation sites (tertiary alicyclic amines) is 1. The van der Waals surface area contributed by atoms with Gasteiger partial charge in [0.2, 0.25) is 0 Å². The molecular weight excluding hydrogens is 246 g/mol. The van der Waals surface area contributed by atoms with E-state index in [1.54, 1.807) is 0 Å². The van der Waals surface area contributed by atoms with Crippen LogP contribution in [0.2, 0.25) is 0 Å². The monoisotopic (exact) mass is 271 g/mol. The second-order valence-corrected chi connectivity index (χ2v) is 6.40. The molecule has 3 N–H and O–H groups in total. The smallest absolute Gasteiger partial charge is 0.123 e. The van der Waals surface area contributed by atoms with Crippen LogP contribution in [0, 0.1) is 17.2 Å². The summed E-state index contributed by atoms with van der Waals surface area (Å²) in [5.41, 5.74) is 7.79. The molecule has 20 heavy (non-hydrogen) atoms. The maximum absolute atomic E-state index is 7.70. The van der Waals surface area contributed by atoms with Gasteiger partial charge in [0, 0.05) is 18.7 Å². The Balaban J connectivity index is 1.68. The zero-order chi connectivity index (χ0) is 13.9. The van der Waals surface area contributed by atoms with Crippen LogP contribution in [0.25, 0.3) is 0 Å². The molecule has 1 heterocycles. The van der Waals surface area contributed by atoms with Crippen LogP contribution < -0.4 is 5.73 Å². The molecule has 2 aliphatic rings. The molecule has 0 bridgehead atoms. The Hall–Kier alpha value is -1.35. The molecule has 0 radical (unpaired) electrons. The van der Waals surface area contributed by atoms with Crippen molar-refractivity contribution in [2.45, 2.75) is 38.6 Å². The Bertz CT molecular complexity index is 483. The SMILES string of the molecule is N=C(N)c1ccccc1CN1CCC2CCCCC2C1. The van der Waals surface area contributed by atoms with Crippen molar-refractivity contribution in [3.63, 3.8) is 0 Å². The minimum absolute atomic E-state index is 0.188. The standard InChI is InChI=1S/C17H25N3/c18-17(19)16-8-4-3-7-15(16)12-20-10-9-13-5-1-2-6-14(13)11-20/h3-4,7-8,13-14H,1-2,5-6,9-12H2,(H3,18,19). The van der Waals surface area contributed by atoms with Gasteiger partial charge in [-0.05, 0) is 36.8 Å². The number of nitrogen functional groups attached to an aromatic ring is 1. The topological polar surface area (TPSA) is 53.1 Å². The lowest BCUT2D eigenvalue weighted by molar-refractivity contribution is 0.0820. The molecule has 1 saturated carbocycles. The van der Waals surface area contributed by atoms with E-state index in [4.69, 9.17) is 11.1 Å². The van der Waals surface area contributed by atoms with Crippen LogP contribution in [0.5, 0.6) is 0 Å². The minimum Gasteiger partial charge on any atom is -0.384 e. The Kier molecular flexibility index (Phi) is 4.06. The lowest BCUT2D eigenvalue weighted by Gasteiger charge is -2.41. The molecule has 3 nitrogen and oxygen atoms in total. The summed E-state index contributed by atoms with van der Waals surface area (Å²) < 4.78 is 0. The van der Waals surface area contributed by atoms with E-state index in [-0.39, 0.29) is 5.84 Å². The Morgan fingerprint density at radius 3 is 2.70 bits per heavy atom. The van der Waals surface area contributed by atoms with Crippen LogP contribution in [0.4, 0.5) is 0 Å². The Labute approximate surface area is 121 Å². The molecule has 0 spiro atoms. The summed E-state index contributed by atoms with van der Waals surface area (Å²) in [5.74, 6) is 2.07. The summed E-state index contributed by atoms with van der Waals surface area (Å²) in [6.07, 6.45) is 7.07. The molecule has 1 aliphatic heterocycles. The number of fused-ring (bicyclic) bond motifs is 1. The van der Waals surface area contributed by atoms with Crippen molar-refractivity contribution in [3.8, 4) is 0 Å². The average Bonchev–Trinajstić information content (AvgIpc) is 2.47. The van der Waals surface area contributed by atoms with E-state index in [1.165, 1.54) is 50.8 Å².